The number of carbonyl (C=O) groups is 3. The maximum Gasteiger partial charge on any atom is 0.471 e. The van der Waals surface area contributed by atoms with Crippen molar-refractivity contribution in [3.63, 3.8) is 0 Å². The van der Waals surface area contributed by atoms with Gasteiger partial charge in [-0.2, -0.15) is 26.3 Å². The lowest BCUT2D eigenvalue weighted by Gasteiger charge is -2.46. The topological polar surface area (TPSA) is 76.2 Å². The number of hydrogen-bond donors (Lipinski definition) is 0. The van der Waals surface area contributed by atoms with Crippen LogP contribution in [-0.4, -0.2) is 69.7 Å². The van der Waals surface area contributed by atoms with Gasteiger partial charge >= 0.3 is 30.1 Å². The predicted molar refractivity (Wildman–Crippen MR) is 136 cm³/mol. The van der Waals surface area contributed by atoms with Gasteiger partial charge in [-0.25, -0.2) is 4.79 Å². The summed E-state index contributed by atoms with van der Waals surface area (Å²) in [4.78, 5) is 38.5. The van der Waals surface area contributed by atoms with Crippen molar-refractivity contribution in [3.05, 3.63) is 29.3 Å². The van der Waals surface area contributed by atoms with Gasteiger partial charge in [0.25, 0.3) is 0 Å². The summed E-state index contributed by atoms with van der Waals surface area (Å²) in [6.07, 6.45) is -10.3. The molecule has 14 heteroatoms. The predicted octanol–water partition coefficient (Wildman–Crippen LogP) is 6.00. The van der Waals surface area contributed by atoms with E-state index in [4.69, 9.17) is 4.43 Å². The van der Waals surface area contributed by atoms with Crippen molar-refractivity contribution in [2.45, 2.75) is 82.6 Å². The second-order valence-electron chi connectivity index (χ2n) is 11.7. The largest absolute Gasteiger partial charge is 0.471 e. The average Bonchev–Trinajstić information content (AvgIpc) is 3.28. The number of carbonyl (C=O) groups excluding carboxylic acids is 3. The second-order valence-corrected chi connectivity index (χ2v) is 16.5. The quantitative estimate of drug-likeness (QED) is 0.174. The number of esters is 1. The van der Waals surface area contributed by atoms with E-state index in [1.807, 2.05) is 33.9 Å². The summed E-state index contributed by atoms with van der Waals surface area (Å²) in [5.41, 5.74) is -0.574. The highest BCUT2D eigenvalue weighted by atomic mass is 28.4. The van der Waals surface area contributed by atoms with Crippen LogP contribution in [0.3, 0.4) is 0 Å². The molecule has 1 fully saturated rings. The maximum atomic E-state index is 13.8. The molecule has 7 nitrogen and oxygen atoms in total. The van der Waals surface area contributed by atoms with Crippen molar-refractivity contribution in [1.29, 1.82) is 0 Å². The molecule has 0 saturated carbocycles. The Morgan fingerprint density at radius 2 is 1.60 bits per heavy atom. The van der Waals surface area contributed by atoms with Gasteiger partial charge in [-0.3, -0.25) is 9.59 Å². The number of amides is 2. The van der Waals surface area contributed by atoms with Crippen LogP contribution in [0.5, 0.6) is 0 Å². The van der Waals surface area contributed by atoms with Gasteiger partial charge in [0.05, 0.1) is 18.7 Å². The number of benzene rings is 1. The first-order valence-corrected chi connectivity index (χ1v) is 15.8. The van der Waals surface area contributed by atoms with Crippen LogP contribution in [0.1, 0.15) is 62.0 Å². The van der Waals surface area contributed by atoms with Crippen molar-refractivity contribution in [2.24, 2.45) is 5.92 Å². The van der Waals surface area contributed by atoms with Gasteiger partial charge in [-0.1, -0.05) is 20.8 Å². The van der Waals surface area contributed by atoms with Gasteiger partial charge in [-0.15, -0.1) is 0 Å². The van der Waals surface area contributed by atoms with Crippen LogP contribution in [0.15, 0.2) is 18.2 Å². The Morgan fingerprint density at radius 1 is 1.00 bits per heavy atom. The van der Waals surface area contributed by atoms with Crippen LogP contribution in [0, 0.1) is 5.92 Å². The maximum absolute atomic E-state index is 13.8. The van der Waals surface area contributed by atoms with Gasteiger partial charge in [-0.05, 0) is 61.2 Å². The van der Waals surface area contributed by atoms with Crippen LogP contribution in [-0.2, 0) is 18.8 Å². The van der Waals surface area contributed by atoms with Crippen LogP contribution >= 0.6 is 0 Å². The first-order valence-electron chi connectivity index (χ1n) is 12.9. The number of likely N-dealkylation sites (tertiary alicyclic amines) is 1. The van der Waals surface area contributed by atoms with Gasteiger partial charge in [0.15, 0.2) is 8.32 Å². The normalized spacial score (nSPS) is 21.6. The van der Waals surface area contributed by atoms with Gasteiger partial charge in [0, 0.05) is 30.8 Å². The SMILES string of the molecule is COC(=O)c1ccc2c(c1)[C@@H]1[C@@H](CCN1C(=O)C(F)(F)F)[C@H](CCCO[Si](C)(C)C(C)(C)C)N2C(=O)C(F)(F)F. The van der Waals surface area contributed by atoms with E-state index in [1.165, 1.54) is 0 Å². The lowest BCUT2D eigenvalue weighted by atomic mass is 9.79. The van der Waals surface area contributed by atoms with Crippen LogP contribution in [0.2, 0.25) is 18.1 Å². The Morgan fingerprint density at radius 3 is 2.12 bits per heavy atom. The van der Waals surface area contributed by atoms with Crippen molar-refractivity contribution in [1.82, 2.24) is 4.90 Å². The summed E-state index contributed by atoms with van der Waals surface area (Å²) >= 11 is 0. The molecule has 0 aliphatic carbocycles. The fourth-order valence-electron chi connectivity index (χ4n) is 5.21. The molecule has 2 amide bonds. The number of nitrogens with zero attached hydrogens (tertiary/aromatic N) is 2. The zero-order chi connectivity index (χ0) is 30.4. The standard InChI is InChI=1S/C26H34F6N2O5Si/c1-24(2,3)40(5,6)39-13-7-8-18-16-11-12-33(22(36)25(27,28)29)20(16)17-14-15(21(35)38-4)9-10-19(17)34(18)23(37)26(30,31)32/h9-10,14,16,18,20H,7-8,11-13H2,1-6H3/t16-,18-,20-/m0/s1. The van der Waals surface area contributed by atoms with E-state index in [2.05, 4.69) is 4.74 Å². The average molecular weight is 597 g/mol. The highest BCUT2D eigenvalue weighted by Crippen LogP contribution is 2.52. The number of hydrogen-bond acceptors (Lipinski definition) is 5. The number of rotatable bonds is 6. The number of methoxy groups -OCH3 is 1. The molecule has 0 bridgehead atoms. The number of ether oxygens (including phenoxy) is 1. The molecule has 0 unspecified atom stereocenters. The minimum Gasteiger partial charge on any atom is -0.465 e. The Hall–Kier alpha value is -2.61. The summed E-state index contributed by atoms with van der Waals surface area (Å²) in [5, 5.41) is -0.124. The van der Waals surface area contributed by atoms with E-state index < -0.39 is 56.5 Å². The summed E-state index contributed by atoms with van der Waals surface area (Å²) in [6.45, 7) is 9.92. The zero-order valence-electron chi connectivity index (χ0n) is 23.2. The highest BCUT2D eigenvalue weighted by Gasteiger charge is 2.57. The minimum absolute atomic E-state index is 0.00382. The Labute approximate surface area is 229 Å². The van der Waals surface area contributed by atoms with Crippen molar-refractivity contribution in [2.75, 3.05) is 25.2 Å². The molecule has 1 aromatic carbocycles. The van der Waals surface area contributed by atoms with E-state index in [0.29, 0.717) is 9.80 Å². The van der Waals surface area contributed by atoms with Crippen molar-refractivity contribution in [3.8, 4) is 0 Å². The molecule has 3 atom stereocenters. The van der Waals surface area contributed by atoms with Crippen LogP contribution in [0.25, 0.3) is 0 Å². The molecule has 224 valence electrons. The number of anilines is 1. The lowest BCUT2D eigenvalue weighted by molar-refractivity contribution is -0.187. The minimum atomic E-state index is -5.28. The monoisotopic (exact) mass is 596 g/mol. The van der Waals surface area contributed by atoms with Crippen molar-refractivity contribution < 1.29 is 49.9 Å². The van der Waals surface area contributed by atoms with Gasteiger partial charge in [0.1, 0.15) is 0 Å². The molecule has 0 N–H and O–H groups in total. The highest BCUT2D eigenvalue weighted by molar-refractivity contribution is 6.74. The molecule has 1 aromatic rings. The molecule has 2 heterocycles. The molecule has 2 aliphatic rings. The number of fused-ring (bicyclic) bond motifs is 3. The summed E-state index contributed by atoms with van der Waals surface area (Å²) in [6, 6.07) is 0.884. The molecular weight excluding hydrogens is 562 g/mol. The summed E-state index contributed by atoms with van der Waals surface area (Å²) in [5.74, 6) is -6.12. The van der Waals surface area contributed by atoms with Crippen LogP contribution in [0.4, 0.5) is 32.0 Å². The molecular formula is C26H34F6N2O5Si. The fraction of sp³-hybridized carbons (Fsp3) is 0.654. The Balaban J connectivity index is 2.09. The van der Waals surface area contributed by atoms with Gasteiger partial charge < -0.3 is 19.0 Å². The first-order chi connectivity index (χ1) is 18.2. The third-order valence-corrected chi connectivity index (χ3v) is 12.7. The summed E-state index contributed by atoms with van der Waals surface area (Å²) in [7, 11) is -1.12. The molecule has 3 rings (SSSR count). The smallest absolute Gasteiger partial charge is 0.465 e. The third-order valence-electron chi connectivity index (χ3n) is 8.18. The number of alkyl halides is 6. The molecule has 1 saturated heterocycles. The van der Waals surface area contributed by atoms with E-state index in [1.54, 1.807) is 0 Å². The fourth-order valence-corrected chi connectivity index (χ4v) is 6.30. The molecule has 0 spiro atoms. The second kappa shape index (κ2) is 11.0. The number of halogens is 6. The van der Waals surface area contributed by atoms with E-state index in [9.17, 15) is 40.7 Å². The summed E-state index contributed by atoms with van der Waals surface area (Å²) < 4.78 is 92.9. The first kappa shape index (κ1) is 31.9. The molecule has 2 aliphatic heterocycles. The van der Waals surface area contributed by atoms with Gasteiger partial charge in [0.2, 0.25) is 0 Å². The lowest BCUT2D eigenvalue weighted by Crippen LogP contribution is -2.55. The molecule has 0 radical (unpaired) electrons. The Bertz CT molecular complexity index is 1150. The van der Waals surface area contributed by atoms with E-state index in [-0.39, 0.29) is 54.3 Å². The molecule has 0 aromatic heterocycles. The van der Waals surface area contributed by atoms with Crippen molar-refractivity contribution >= 4 is 31.8 Å². The van der Waals surface area contributed by atoms with Crippen LogP contribution < -0.4 is 4.90 Å². The zero-order valence-corrected chi connectivity index (χ0v) is 24.2. The van der Waals surface area contributed by atoms with E-state index >= 15 is 0 Å². The third kappa shape index (κ3) is 6.16. The van der Waals surface area contributed by atoms with E-state index in [0.717, 1.165) is 25.3 Å². The Kier molecular flexibility index (Phi) is 8.77. The molecule has 40 heavy (non-hydrogen) atoms.